The molecule has 144 valence electrons. The topological polar surface area (TPSA) is 90.5 Å². The highest BCUT2D eigenvalue weighted by Crippen LogP contribution is 2.20. The first-order valence-corrected chi connectivity index (χ1v) is 9.41. The van der Waals surface area contributed by atoms with E-state index in [4.69, 9.17) is 0 Å². The van der Waals surface area contributed by atoms with Crippen molar-refractivity contribution in [1.82, 2.24) is 15.5 Å². The van der Waals surface area contributed by atoms with Crippen molar-refractivity contribution >= 4 is 23.7 Å². The van der Waals surface area contributed by atoms with E-state index in [-0.39, 0.29) is 11.9 Å². The minimum absolute atomic E-state index is 0.119. The van der Waals surface area contributed by atoms with Crippen molar-refractivity contribution in [2.45, 2.75) is 31.8 Å². The largest absolute Gasteiger partial charge is 0.326 e. The van der Waals surface area contributed by atoms with Crippen molar-refractivity contribution < 1.29 is 14.4 Å². The highest BCUT2D eigenvalue weighted by Gasteiger charge is 2.29. The first kappa shape index (κ1) is 18.0. The Morgan fingerprint density at radius 3 is 2.54 bits per heavy atom. The fourth-order valence-corrected chi connectivity index (χ4v) is 3.64. The molecule has 0 saturated carbocycles. The van der Waals surface area contributed by atoms with Crippen molar-refractivity contribution in [3.05, 3.63) is 65.2 Å². The van der Waals surface area contributed by atoms with Crippen molar-refractivity contribution in [1.29, 1.82) is 0 Å². The second-order valence-electron chi connectivity index (χ2n) is 7.14. The summed E-state index contributed by atoms with van der Waals surface area (Å²) in [6.07, 6.45) is 2.34. The molecule has 1 unspecified atom stereocenters. The Morgan fingerprint density at radius 2 is 1.82 bits per heavy atom. The standard InChI is InChI=1S/C21H22N4O3/c26-19-18(23-20(27)24-19)12-14-7-9-17(10-8-14)22-21(28)25-11-3-6-15-4-1-2-5-16(15)13-25/h1-2,4-5,7-10,18H,3,6,11-13H2,(H,22,28)(H2,23,24,26,27). The van der Waals surface area contributed by atoms with Crippen LogP contribution in [0.1, 0.15) is 23.1 Å². The van der Waals surface area contributed by atoms with Crippen LogP contribution in [-0.2, 0) is 24.2 Å². The van der Waals surface area contributed by atoms with Gasteiger partial charge in [0.1, 0.15) is 6.04 Å². The number of amides is 5. The summed E-state index contributed by atoms with van der Waals surface area (Å²) in [7, 11) is 0. The van der Waals surface area contributed by atoms with Crippen LogP contribution in [0.4, 0.5) is 15.3 Å². The molecule has 0 bridgehead atoms. The molecule has 0 spiro atoms. The predicted octanol–water partition coefficient (Wildman–Crippen LogP) is 2.42. The summed E-state index contributed by atoms with van der Waals surface area (Å²) < 4.78 is 0. The summed E-state index contributed by atoms with van der Waals surface area (Å²) in [5.74, 6) is -0.316. The van der Waals surface area contributed by atoms with Gasteiger partial charge in [-0.1, -0.05) is 36.4 Å². The third-order valence-electron chi connectivity index (χ3n) is 5.14. The van der Waals surface area contributed by atoms with Crippen LogP contribution in [0.25, 0.3) is 0 Å². The molecule has 3 N–H and O–H groups in total. The number of urea groups is 2. The molecule has 1 atom stereocenters. The van der Waals surface area contributed by atoms with Crippen LogP contribution >= 0.6 is 0 Å². The van der Waals surface area contributed by atoms with Gasteiger partial charge in [-0.2, -0.15) is 0 Å². The lowest BCUT2D eigenvalue weighted by atomic mass is 10.0. The van der Waals surface area contributed by atoms with Crippen LogP contribution in [0.5, 0.6) is 0 Å². The molecule has 2 aromatic carbocycles. The van der Waals surface area contributed by atoms with Gasteiger partial charge < -0.3 is 15.5 Å². The van der Waals surface area contributed by atoms with Gasteiger partial charge in [0.25, 0.3) is 5.91 Å². The van der Waals surface area contributed by atoms with E-state index in [0.717, 1.165) is 24.9 Å². The van der Waals surface area contributed by atoms with Crippen LogP contribution in [0, 0.1) is 0 Å². The zero-order valence-corrected chi connectivity index (χ0v) is 15.4. The molecule has 2 aliphatic heterocycles. The third kappa shape index (κ3) is 3.98. The van der Waals surface area contributed by atoms with Gasteiger partial charge in [-0.3, -0.25) is 10.1 Å². The van der Waals surface area contributed by atoms with E-state index in [9.17, 15) is 14.4 Å². The minimum Gasteiger partial charge on any atom is -0.326 e. The molecule has 28 heavy (non-hydrogen) atoms. The number of hydrogen-bond donors (Lipinski definition) is 3. The molecule has 1 saturated heterocycles. The van der Waals surface area contributed by atoms with Gasteiger partial charge in [0.15, 0.2) is 0 Å². The second kappa shape index (κ2) is 7.72. The number of nitrogens with one attached hydrogen (secondary N) is 3. The average Bonchev–Trinajstić information content (AvgIpc) is 2.89. The fourth-order valence-electron chi connectivity index (χ4n) is 3.64. The Morgan fingerprint density at radius 1 is 1.07 bits per heavy atom. The van der Waals surface area contributed by atoms with E-state index in [1.165, 1.54) is 11.1 Å². The average molecular weight is 378 g/mol. The highest BCUT2D eigenvalue weighted by atomic mass is 16.2. The smallest absolute Gasteiger partial charge is 0.322 e. The normalized spacial score (nSPS) is 18.7. The molecule has 2 aromatic rings. The Labute approximate surface area is 163 Å². The Bertz CT molecular complexity index is 910. The maximum atomic E-state index is 12.7. The van der Waals surface area contributed by atoms with E-state index < -0.39 is 12.1 Å². The quantitative estimate of drug-likeness (QED) is 0.717. The number of aryl methyl sites for hydroxylation is 1. The summed E-state index contributed by atoms with van der Waals surface area (Å²) in [6.45, 7) is 1.33. The SMILES string of the molecule is O=C1NC(=O)C(Cc2ccc(NC(=O)N3CCCc4ccccc4C3)cc2)N1. The van der Waals surface area contributed by atoms with Gasteiger partial charge >= 0.3 is 12.1 Å². The fraction of sp³-hybridized carbons (Fsp3) is 0.286. The Balaban J connectivity index is 1.37. The monoisotopic (exact) mass is 378 g/mol. The number of benzene rings is 2. The molecular weight excluding hydrogens is 356 g/mol. The van der Waals surface area contributed by atoms with E-state index in [1.807, 2.05) is 41.3 Å². The van der Waals surface area contributed by atoms with E-state index >= 15 is 0 Å². The highest BCUT2D eigenvalue weighted by molar-refractivity contribution is 6.04. The molecule has 7 nitrogen and oxygen atoms in total. The molecule has 2 aliphatic rings. The maximum Gasteiger partial charge on any atom is 0.322 e. The van der Waals surface area contributed by atoms with Gasteiger partial charge in [0, 0.05) is 25.2 Å². The van der Waals surface area contributed by atoms with Gasteiger partial charge in [-0.05, 0) is 41.7 Å². The Hall–Kier alpha value is -3.35. The number of rotatable bonds is 3. The first-order chi connectivity index (χ1) is 13.6. The van der Waals surface area contributed by atoms with E-state index in [1.54, 1.807) is 0 Å². The zero-order chi connectivity index (χ0) is 19.5. The van der Waals surface area contributed by atoms with Crippen molar-refractivity contribution in [2.75, 3.05) is 11.9 Å². The van der Waals surface area contributed by atoms with Crippen LogP contribution in [-0.4, -0.2) is 35.5 Å². The molecule has 0 aliphatic carbocycles. The molecule has 2 heterocycles. The lowest BCUT2D eigenvalue weighted by molar-refractivity contribution is -0.120. The van der Waals surface area contributed by atoms with E-state index in [2.05, 4.69) is 28.1 Å². The maximum absolute atomic E-state index is 12.7. The van der Waals surface area contributed by atoms with Gasteiger partial charge in [0.2, 0.25) is 0 Å². The molecule has 5 amide bonds. The van der Waals surface area contributed by atoms with Crippen molar-refractivity contribution in [3.63, 3.8) is 0 Å². The van der Waals surface area contributed by atoms with Crippen LogP contribution in [0.2, 0.25) is 0 Å². The number of carbonyl (C=O) groups excluding carboxylic acids is 3. The number of imide groups is 1. The number of hydrogen-bond acceptors (Lipinski definition) is 3. The lowest BCUT2D eigenvalue weighted by Gasteiger charge is -2.21. The van der Waals surface area contributed by atoms with Gasteiger partial charge in [-0.15, -0.1) is 0 Å². The lowest BCUT2D eigenvalue weighted by Crippen LogP contribution is -2.34. The molecule has 7 heteroatoms. The van der Waals surface area contributed by atoms with Gasteiger partial charge in [0.05, 0.1) is 0 Å². The predicted molar refractivity (Wildman–Crippen MR) is 105 cm³/mol. The van der Waals surface area contributed by atoms with Crippen LogP contribution in [0.15, 0.2) is 48.5 Å². The molecule has 4 rings (SSSR count). The summed E-state index contributed by atoms with van der Waals surface area (Å²) >= 11 is 0. The summed E-state index contributed by atoms with van der Waals surface area (Å²) in [6, 6.07) is 14.5. The third-order valence-corrected chi connectivity index (χ3v) is 5.14. The van der Waals surface area contributed by atoms with E-state index in [0.29, 0.717) is 18.7 Å². The molecular formula is C21H22N4O3. The molecule has 0 radical (unpaired) electrons. The number of fused-ring (bicyclic) bond motifs is 1. The molecule has 0 aromatic heterocycles. The Kier molecular flexibility index (Phi) is 4.97. The molecule has 1 fully saturated rings. The summed E-state index contributed by atoms with van der Waals surface area (Å²) in [5, 5.41) is 7.75. The minimum atomic E-state index is -0.551. The number of nitrogens with zero attached hydrogens (tertiary/aromatic N) is 1. The van der Waals surface area contributed by atoms with Crippen LogP contribution < -0.4 is 16.0 Å². The van der Waals surface area contributed by atoms with Crippen molar-refractivity contribution in [2.24, 2.45) is 0 Å². The zero-order valence-electron chi connectivity index (χ0n) is 15.4. The van der Waals surface area contributed by atoms with Crippen molar-refractivity contribution in [3.8, 4) is 0 Å². The first-order valence-electron chi connectivity index (χ1n) is 9.41. The second-order valence-corrected chi connectivity index (χ2v) is 7.14. The summed E-state index contributed by atoms with van der Waals surface area (Å²) in [4.78, 5) is 37.3. The van der Waals surface area contributed by atoms with Gasteiger partial charge in [-0.25, -0.2) is 9.59 Å². The number of anilines is 1. The van der Waals surface area contributed by atoms with Crippen LogP contribution in [0.3, 0.4) is 0 Å². The summed E-state index contributed by atoms with van der Waals surface area (Å²) in [5.41, 5.74) is 4.11. The number of carbonyl (C=O) groups is 3.